The predicted octanol–water partition coefficient (Wildman–Crippen LogP) is 17.1. The van der Waals surface area contributed by atoms with E-state index < -0.39 is 6.10 Å². The van der Waals surface area contributed by atoms with Crippen LogP contribution in [0.5, 0.6) is 0 Å². The van der Waals surface area contributed by atoms with Crippen molar-refractivity contribution in [2.24, 2.45) is 0 Å². The highest BCUT2D eigenvalue weighted by Gasteiger charge is 2.19. The first-order valence-corrected chi connectivity index (χ1v) is 25.9. The van der Waals surface area contributed by atoms with E-state index in [1.165, 1.54) is 70.6 Å². The molecule has 0 bridgehead atoms. The van der Waals surface area contributed by atoms with Crippen LogP contribution in [0.25, 0.3) is 0 Å². The summed E-state index contributed by atoms with van der Waals surface area (Å²) in [6.45, 7) is 6.32. The van der Waals surface area contributed by atoms with E-state index in [1.807, 2.05) is 12.2 Å². The smallest absolute Gasteiger partial charge is 0.306 e. The first-order valence-electron chi connectivity index (χ1n) is 25.9. The van der Waals surface area contributed by atoms with E-state index in [9.17, 15) is 14.4 Å². The Balaban J connectivity index is 4.49. The van der Waals surface area contributed by atoms with E-state index in [2.05, 4.69) is 118 Å². The Labute approximate surface area is 393 Å². The summed E-state index contributed by atoms with van der Waals surface area (Å²) in [5.41, 5.74) is 0. The average Bonchev–Trinajstić information content (AvgIpc) is 3.29. The van der Waals surface area contributed by atoms with E-state index in [-0.39, 0.29) is 37.5 Å². The maximum atomic E-state index is 12.8. The molecule has 0 spiro atoms. The Kier molecular flexibility index (Phi) is 48.5. The third kappa shape index (κ3) is 49.1. The van der Waals surface area contributed by atoms with E-state index in [4.69, 9.17) is 14.2 Å². The van der Waals surface area contributed by atoms with Crippen molar-refractivity contribution in [1.82, 2.24) is 0 Å². The Morgan fingerprint density at radius 2 is 0.641 bits per heavy atom. The minimum Gasteiger partial charge on any atom is -0.462 e. The van der Waals surface area contributed by atoms with Crippen molar-refractivity contribution in [3.05, 3.63) is 109 Å². The molecule has 0 aromatic heterocycles. The topological polar surface area (TPSA) is 78.9 Å². The number of hydrogen-bond acceptors (Lipinski definition) is 6. The zero-order valence-electron chi connectivity index (χ0n) is 41.3. The summed E-state index contributed by atoms with van der Waals surface area (Å²) in [6.07, 6.45) is 69.4. The van der Waals surface area contributed by atoms with E-state index in [0.717, 1.165) is 103 Å². The minimum atomic E-state index is -0.813. The highest BCUT2D eigenvalue weighted by atomic mass is 16.6. The van der Waals surface area contributed by atoms with Crippen molar-refractivity contribution < 1.29 is 28.6 Å². The monoisotopic (exact) mass is 887 g/mol. The Morgan fingerprint density at radius 1 is 0.328 bits per heavy atom. The summed E-state index contributed by atoms with van der Waals surface area (Å²) in [6, 6.07) is 0. The summed E-state index contributed by atoms with van der Waals surface area (Å²) >= 11 is 0. The molecule has 0 amide bonds. The number of allylic oxidation sites excluding steroid dienone is 18. The van der Waals surface area contributed by atoms with Gasteiger partial charge < -0.3 is 14.2 Å². The van der Waals surface area contributed by atoms with Gasteiger partial charge in [0.2, 0.25) is 0 Å². The van der Waals surface area contributed by atoms with Gasteiger partial charge >= 0.3 is 17.9 Å². The SMILES string of the molecule is CC/C=C\C/C=C\C/C=C\C/C=C\C/C=C\C/C=C\CCC(=O)OCC(COC(=O)CCCCCCCCCCCC)OC(=O)CCCCCCCCC/C=C\C/C=C\C/C=C\CC. The van der Waals surface area contributed by atoms with Crippen LogP contribution in [0.2, 0.25) is 0 Å². The molecule has 362 valence electrons. The molecule has 0 aliphatic heterocycles. The molecule has 6 heteroatoms. The second kappa shape index (κ2) is 51.7. The highest BCUT2D eigenvalue weighted by Crippen LogP contribution is 2.14. The van der Waals surface area contributed by atoms with Crippen LogP contribution in [0.15, 0.2) is 109 Å². The molecule has 0 heterocycles. The van der Waals surface area contributed by atoms with Crippen molar-refractivity contribution >= 4 is 17.9 Å². The van der Waals surface area contributed by atoms with Gasteiger partial charge in [0.15, 0.2) is 6.10 Å². The second-order valence-electron chi connectivity index (χ2n) is 16.7. The number of carbonyl (C=O) groups excluding carboxylic acids is 3. The zero-order valence-corrected chi connectivity index (χ0v) is 41.3. The van der Waals surface area contributed by atoms with Crippen LogP contribution in [0.3, 0.4) is 0 Å². The first kappa shape index (κ1) is 60.1. The summed E-state index contributed by atoms with van der Waals surface area (Å²) in [7, 11) is 0. The van der Waals surface area contributed by atoms with Crippen LogP contribution in [0.4, 0.5) is 0 Å². The van der Waals surface area contributed by atoms with Gasteiger partial charge in [-0.3, -0.25) is 14.4 Å². The molecule has 0 fully saturated rings. The number of hydrogen-bond donors (Lipinski definition) is 0. The number of ether oxygens (including phenoxy) is 3. The molecule has 0 N–H and O–H groups in total. The van der Waals surface area contributed by atoms with Crippen LogP contribution in [-0.2, 0) is 28.6 Å². The number of esters is 3. The molecule has 0 radical (unpaired) electrons. The molecule has 0 aliphatic rings. The van der Waals surface area contributed by atoms with Gasteiger partial charge in [0.05, 0.1) is 0 Å². The summed E-state index contributed by atoms with van der Waals surface area (Å²) in [5, 5.41) is 0. The summed E-state index contributed by atoms with van der Waals surface area (Å²) in [4.78, 5) is 37.9. The molecule has 64 heavy (non-hydrogen) atoms. The largest absolute Gasteiger partial charge is 0.462 e. The summed E-state index contributed by atoms with van der Waals surface area (Å²) < 4.78 is 16.7. The van der Waals surface area contributed by atoms with Gasteiger partial charge in [0, 0.05) is 19.3 Å². The number of unbranched alkanes of at least 4 members (excludes halogenated alkanes) is 16. The fourth-order valence-electron chi connectivity index (χ4n) is 6.72. The normalized spacial score (nSPS) is 13.0. The summed E-state index contributed by atoms with van der Waals surface area (Å²) in [5.74, 6) is -1.01. The van der Waals surface area contributed by atoms with E-state index in [1.54, 1.807) is 0 Å². The van der Waals surface area contributed by atoms with Crippen LogP contribution in [-0.4, -0.2) is 37.2 Å². The third-order valence-corrected chi connectivity index (χ3v) is 10.5. The molecular formula is C58H94O6. The third-order valence-electron chi connectivity index (χ3n) is 10.5. The molecule has 6 nitrogen and oxygen atoms in total. The lowest BCUT2D eigenvalue weighted by Gasteiger charge is -2.18. The molecule has 0 aromatic carbocycles. The van der Waals surface area contributed by atoms with Crippen molar-refractivity contribution in [3.63, 3.8) is 0 Å². The maximum absolute atomic E-state index is 12.8. The lowest BCUT2D eigenvalue weighted by atomic mass is 10.1. The van der Waals surface area contributed by atoms with Crippen LogP contribution in [0, 0.1) is 0 Å². The van der Waals surface area contributed by atoms with Gasteiger partial charge in [-0.15, -0.1) is 0 Å². The lowest BCUT2D eigenvalue weighted by molar-refractivity contribution is -0.166. The lowest BCUT2D eigenvalue weighted by Crippen LogP contribution is -2.30. The maximum Gasteiger partial charge on any atom is 0.306 e. The molecule has 0 saturated carbocycles. The highest BCUT2D eigenvalue weighted by molar-refractivity contribution is 5.71. The first-order chi connectivity index (χ1) is 31.5. The van der Waals surface area contributed by atoms with Gasteiger partial charge in [-0.05, 0) is 89.9 Å². The molecular weight excluding hydrogens is 793 g/mol. The Morgan fingerprint density at radius 3 is 1.05 bits per heavy atom. The van der Waals surface area contributed by atoms with Crippen molar-refractivity contribution in [3.8, 4) is 0 Å². The molecule has 0 saturated heterocycles. The minimum absolute atomic E-state index is 0.106. The Bertz CT molecular complexity index is 1340. The second-order valence-corrected chi connectivity index (χ2v) is 16.7. The van der Waals surface area contributed by atoms with E-state index >= 15 is 0 Å². The predicted molar refractivity (Wildman–Crippen MR) is 274 cm³/mol. The van der Waals surface area contributed by atoms with E-state index in [0.29, 0.717) is 19.3 Å². The molecule has 0 rings (SSSR count). The van der Waals surface area contributed by atoms with Gasteiger partial charge in [-0.2, -0.15) is 0 Å². The van der Waals surface area contributed by atoms with Crippen molar-refractivity contribution in [2.45, 2.75) is 226 Å². The zero-order chi connectivity index (χ0) is 46.5. The Hall–Kier alpha value is -3.93. The number of rotatable bonds is 45. The van der Waals surface area contributed by atoms with Gasteiger partial charge in [0.1, 0.15) is 13.2 Å². The quantitative estimate of drug-likeness (QED) is 0.0262. The fourth-order valence-corrected chi connectivity index (χ4v) is 6.72. The van der Waals surface area contributed by atoms with Crippen LogP contribution < -0.4 is 0 Å². The van der Waals surface area contributed by atoms with Gasteiger partial charge in [-0.25, -0.2) is 0 Å². The van der Waals surface area contributed by atoms with Crippen LogP contribution in [0.1, 0.15) is 220 Å². The van der Waals surface area contributed by atoms with Gasteiger partial charge in [0.25, 0.3) is 0 Å². The van der Waals surface area contributed by atoms with Crippen LogP contribution >= 0.6 is 0 Å². The molecule has 1 atom stereocenters. The number of carbonyl (C=O) groups is 3. The average molecular weight is 887 g/mol. The van der Waals surface area contributed by atoms with Crippen molar-refractivity contribution in [2.75, 3.05) is 13.2 Å². The fraction of sp³-hybridized carbons (Fsp3) is 0.638. The standard InChI is InChI=1S/C58H94O6/c1-4-7-10-13-16-19-22-24-26-28-29-31-32-34-36-39-42-45-48-51-57(60)63-54-55(53-62-56(59)50-47-44-41-38-21-18-15-12-9-6-3)64-58(61)52-49-46-43-40-37-35-33-30-27-25-23-20-17-14-11-8-5-2/h7-8,10-11,16-17,19-20,24-27,29,31,34,36,42,45,55H,4-6,9,12-15,18,21-23,28,30,32-33,35,37-41,43-44,46-54H2,1-3H3/b10-7-,11-8-,19-16-,20-17-,26-24-,27-25-,31-29-,36-34-,45-42-. The van der Waals surface area contributed by atoms with Crippen molar-refractivity contribution in [1.29, 1.82) is 0 Å². The molecule has 0 aromatic rings. The molecule has 1 unspecified atom stereocenters. The molecule has 0 aliphatic carbocycles. The van der Waals surface area contributed by atoms with Gasteiger partial charge in [-0.1, -0.05) is 220 Å².